The Balaban J connectivity index is 2.32. The lowest BCUT2D eigenvalue weighted by Gasteiger charge is -2.05. The Morgan fingerprint density at radius 3 is 2.86 bits per heavy atom. The molecule has 1 aliphatic rings. The van der Waals surface area contributed by atoms with Gasteiger partial charge in [-0.25, -0.2) is 4.39 Å². The van der Waals surface area contributed by atoms with E-state index in [0.29, 0.717) is 19.4 Å². The van der Waals surface area contributed by atoms with Gasteiger partial charge in [0.1, 0.15) is 6.17 Å². The minimum atomic E-state index is -0.613. The average Bonchev–Trinajstić information content (AvgIpc) is 1.69. The molecule has 0 bridgehead atoms. The fraction of sp³-hybridized carbons (Fsp3) is 0.800. The van der Waals surface area contributed by atoms with Gasteiger partial charge in [0, 0.05) is 19.2 Å². The van der Waals surface area contributed by atoms with Crippen LogP contribution in [0, 0.1) is 0 Å². The second kappa shape index (κ2) is 2.05. The van der Waals surface area contributed by atoms with Crippen molar-refractivity contribution in [2.45, 2.75) is 19.0 Å². The van der Waals surface area contributed by atoms with E-state index in [-0.39, 0.29) is 0 Å². The van der Waals surface area contributed by atoms with Crippen molar-refractivity contribution in [3.05, 3.63) is 0 Å². The summed E-state index contributed by atoms with van der Waals surface area (Å²) in [7, 11) is 0. The molecule has 0 spiro atoms. The second-order valence-electron chi connectivity index (χ2n) is 1.71. The Morgan fingerprint density at radius 2 is 2.57 bits per heavy atom. The lowest BCUT2D eigenvalue weighted by molar-refractivity contribution is 0.323. The molecule has 0 fully saturated rings. The molecule has 0 saturated carbocycles. The van der Waals surface area contributed by atoms with Crippen LogP contribution in [0.25, 0.3) is 0 Å². The average molecular weight is 101 g/mol. The van der Waals surface area contributed by atoms with E-state index < -0.39 is 6.17 Å². The van der Waals surface area contributed by atoms with Crippen LogP contribution in [0.3, 0.4) is 0 Å². The van der Waals surface area contributed by atoms with Gasteiger partial charge >= 0.3 is 0 Å². The number of rotatable bonds is 0. The number of alkyl halides is 1. The van der Waals surface area contributed by atoms with Crippen molar-refractivity contribution in [2.24, 2.45) is 4.99 Å². The van der Waals surface area contributed by atoms with Crippen molar-refractivity contribution >= 4 is 6.21 Å². The summed E-state index contributed by atoms with van der Waals surface area (Å²) >= 11 is 0. The standard InChI is InChI=1S/C5H8FN/c6-5-1-3-7-4-2-5/h3,5H,1-2,4H2/t5-/m1/s1. The lowest BCUT2D eigenvalue weighted by atomic mass is 10.2. The molecule has 0 radical (unpaired) electrons. The molecule has 1 aliphatic heterocycles. The summed E-state index contributed by atoms with van der Waals surface area (Å²) in [5.74, 6) is 0. The van der Waals surface area contributed by atoms with E-state index in [1.54, 1.807) is 6.21 Å². The lowest BCUT2D eigenvalue weighted by Crippen LogP contribution is -2.07. The van der Waals surface area contributed by atoms with Crippen LogP contribution in [0.4, 0.5) is 4.39 Å². The van der Waals surface area contributed by atoms with Crippen LogP contribution in [0.15, 0.2) is 4.99 Å². The van der Waals surface area contributed by atoms with Crippen LogP contribution < -0.4 is 0 Å². The summed E-state index contributed by atoms with van der Waals surface area (Å²) in [6, 6.07) is 0. The Labute approximate surface area is 42.3 Å². The highest BCUT2D eigenvalue weighted by atomic mass is 19.1. The quantitative estimate of drug-likeness (QED) is 0.434. The molecule has 0 aromatic rings. The van der Waals surface area contributed by atoms with Crippen LogP contribution in [0.1, 0.15) is 12.8 Å². The maximum absolute atomic E-state index is 12.1. The van der Waals surface area contributed by atoms with Gasteiger partial charge in [0.15, 0.2) is 0 Å². The van der Waals surface area contributed by atoms with Gasteiger partial charge in [-0.3, -0.25) is 4.99 Å². The van der Waals surface area contributed by atoms with Crippen LogP contribution in [-0.2, 0) is 0 Å². The molecule has 0 aromatic carbocycles. The monoisotopic (exact) mass is 101 g/mol. The van der Waals surface area contributed by atoms with Crippen LogP contribution in [-0.4, -0.2) is 18.9 Å². The van der Waals surface area contributed by atoms with Crippen LogP contribution in [0.2, 0.25) is 0 Å². The Bertz CT molecular complexity index is 80.1. The van der Waals surface area contributed by atoms with E-state index in [1.165, 1.54) is 0 Å². The molecule has 1 atom stereocenters. The zero-order valence-electron chi connectivity index (χ0n) is 4.10. The maximum Gasteiger partial charge on any atom is 0.107 e. The SMILES string of the molecule is F[C@@H]1CC=NCC1. The van der Waals surface area contributed by atoms with Gasteiger partial charge in [0.2, 0.25) is 0 Å². The predicted molar refractivity (Wildman–Crippen MR) is 27.5 cm³/mol. The number of hydrogen-bond donors (Lipinski definition) is 0. The van der Waals surface area contributed by atoms with E-state index in [1.807, 2.05) is 0 Å². The number of halogens is 1. The molecule has 1 nitrogen and oxygen atoms in total. The first-order valence-electron chi connectivity index (χ1n) is 2.52. The molecule has 0 saturated heterocycles. The van der Waals surface area contributed by atoms with Gasteiger partial charge in [-0.05, 0) is 6.42 Å². The molecule has 0 aliphatic carbocycles. The van der Waals surface area contributed by atoms with Gasteiger partial charge in [-0.1, -0.05) is 0 Å². The topological polar surface area (TPSA) is 12.4 Å². The molecule has 40 valence electrons. The minimum absolute atomic E-state index is 0.528. The summed E-state index contributed by atoms with van der Waals surface area (Å²) in [6.45, 7) is 0.682. The fourth-order valence-corrected chi connectivity index (χ4v) is 0.613. The third kappa shape index (κ3) is 1.26. The molecule has 7 heavy (non-hydrogen) atoms. The van der Waals surface area contributed by atoms with Gasteiger partial charge in [-0.15, -0.1) is 0 Å². The zero-order chi connectivity index (χ0) is 5.11. The van der Waals surface area contributed by atoms with Gasteiger partial charge in [0.05, 0.1) is 0 Å². The number of hydrogen-bond acceptors (Lipinski definition) is 1. The molecule has 0 aromatic heterocycles. The normalized spacial score (nSPS) is 30.7. The fourth-order valence-electron chi connectivity index (χ4n) is 0.613. The largest absolute Gasteiger partial charge is 0.297 e. The Hall–Kier alpha value is -0.400. The number of aliphatic imine (C=N–C) groups is 1. The zero-order valence-corrected chi connectivity index (χ0v) is 4.10. The van der Waals surface area contributed by atoms with Gasteiger partial charge in [0.25, 0.3) is 0 Å². The van der Waals surface area contributed by atoms with Crippen molar-refractivity contribution in [1.82, 2.24) is 0 Å². The molecule has 0 N–H and O–H groups in total. The molecule has 1 heterocycles. The Kier molecular flexibility index (Phi) is 1.39. The van der Waals surface area contributed by atoms with E-state index in [2.05, 4.69) is 4.99 Å². The summed E-state index contributed by atoms with van der Waals surface area (Å²) in [5, 5.41) is 0. The van der Waals surface area contributed by atoms with E-state index in [0.717, 1.165) is 0 Å². The summed E-state index contributed by atoms with van der Waals surface area (Å²) < 4.78 is 12.1. The van der Waals surface area contributed by atoms with Crippen molar-refractivity contribution in [1.29, 1.82) is 0 Å². The minimum Gasteiger partial charge on any atom is -0.297 e. The highest BCUT2D eigenvalue weighted by molar-refractivity contribution is 5.58. The Morgan fingerprint density at radius 1 is 1.71 bits per heavy atom. The molecule has 0 amide bonds. The van der Waals surface area contributed by atoms with E-state index in [4.69, 9.17) is 0 Å². The summed E-state index contributed by atoms with van der Waals surface area (Å²) in [6.07, 6.45) is 2.20. The third-order valence-corrected chi connectivity index (χ3v) is 1.06. The smallest absolute Gasteiger partial charge is 0.107 e. The van der Waals surface area contributed by atoms with Crippen molar-refractivity contribution in [2.75, 3.05) is 6.54 Å². The predicted octanol–water partition coefficient (Wildman–Crippen LogP) is 1.19. The summed E-state index contributed by atoms with van der Waals surface area (Å²) in [5.41, 5.74) is 0. The molecular formula is C5H8FN. The number of nitrogens with zero attached hydrogens (tertiary/aromatic N) is 1. The van der Waals surface area contributed by atoms with Gasteiger partial charge < -0.3 is 0 Å². The first-order chi connectivity index (χ1) is 3.39. The van der Waals surface area contributed by atoms with E-state index in [9.17, 15) is 4.39 Å². The summed E-state index contributed by atoms with van der Waals surface area (Å²) in [4.78, 5) is 3.86. The molecule has 2 heteroatoms. The maximum atomic E-state index is 12.1. The molecular weight excluding hydrogens is 93.1 g/mol. The molecule has 0 unspecified atom stereocenters. The molecule has 1 rings (SSSR count). The first kappa shape index (κ1) is 4.75. The van der Waals surface area contributed by atoms with Crippen molar-refractivity contribution in [3.63, 3.8) is 0 Å². The van der Waals surface area contributed by atoms with Crippen molar-refractivity contribution in [3.8, 4) is 0 Å². The first-order valence-corrected chi connectivity index (χ1v) is 2.52. The van der Waals surface area contributed by atoms with E-state index >= 15 is 0 Å². The second-order valence-corrected chi connectivity index (χ2v) is 1.71. The van der Waals surface area contributed by atoms with Crippen molar-refractivity contribution < 1.29 is 4.39 Å². The third-order valence-electron chi connectivity index (χ3n) is 1.06. The van der Waals surface area contributed by atoms with Gasteiger partial charge in [-0.2, -0.15) is 0 Å². The highest BCUT2D eigenvalue weighted by Gasteiger charge is 2.05. The highest BCUT2D eigenvalue weighted by Crippen LogP contribution is 2.05. The van der Waals surface area contributed by atoms with Crippen LogP contribution in [0.5, 0.6) is 0 Å². The van der Waals surface area contributed by atoms with Crippen LogP contribution >= 0.6 is 0 Å².